The van der Waals surface area contributed by atoms with Crippen LogP contribution in [0.15, 0.2) is 24.3 Å². The standard InChI is InChI=1S/C15H20O2/c1-4-5-7-15-8-6-12(16)14(15)10(2)9-13(17)11(15)3/h4,9,11,14H,1,5-8H2,2-3H3/t11?,14-,15?/m0/s1. The van der Waals surface area contributed by atoms with E-state index in [-0.39, 0.29) is 23.0 Å². The van der Waals surface area contributed by atoms with Gasteiger partial charge in [-0.3, -0.25) is 9.59 Å². The monoisotopic (exact) mass is 232 g/mol. The highest BCUT2D eigenvalue weighted by molar-refractivity contribution is 5.99. The molecule has 0 spiro atoms. The fraction of sp³-hybridized carbons (Fsp3) is 0.600. The van der Waals surface area contributed by atoms with Gasteiger partial charge in [-0.2, -0.15) is 0 Å². The van der Waals surface area contributed by atoms with Crippen LogP contribution in [0.5, 0.6) is 0 Å². The summed E-state index contributed by atoms with van der Waals surface area (Å²) in [6, 6.07) is 0. The van der Waals surface area contributed by atoms with Crippen LogP contribution in [0, 0.1) is 17.3 Å². The number of carbonyl (C=O) groups excluding carboxylic acids is 2. The minimum Gasteiger partial charge on any atom is -0.299 e. The lowest BCUT2D eigenvalue weighted by Crippen LogP contribution is -2.42. The van der Waals surface area contributed by atoms with E-state index >= 15 is 0 Å². The summed E-state index contributed by atoms with van der Waals surface area (Å²) in [7, 11) is 0. The number of Topliss-reactive ketones (excluding diaryl/α,β-unsaturated/α-hetero) is 1. The van der Waals surface area contributed by atoms with E-state index in [0.29, 0.717) is 12.2 Å². The first-order valence-corrected chi connectivity index (χ1v) is 6.38. The van der Waals surface area contributed by atoms with Crippen molar-refractivity contribution in [2.75, 3.05) is 0 Å². The summed E-state index contributed by atoms with van der Waals surface area (Å²) in [5, 5.41) is 0. The lowest BCUT2D eigenvalue weighted by atomic mass is 9.60. The quantitative estimate of drug-likeness (QED) is 0.701. The van der Waals surface area contributed by atoms with E-state index in [4.69, 9.17) is 0 Å². The van der Waals surface area contributed by atoms with Crippen LogP contribution < -0.4 is 0 Å². The Bertz CT molecular complexity index is 405. The fourth-order valence-electron chi connectivity index (χ4n) is 3.71. The second kappa shape index (κ2) is 4.25. The molecule has 3 atom stereocenters. The topological polar surface area (TPSA) is 34.1 Å². The maximum absolute atomic E-state index is 12.1. The number of hydrogen-bond donors (Lipinski definition) is 0. The Morgan fingerprint density at radius 2 is 2.24 bits per heavy atom. The Hall–Kier alpha value is -1.18. The third kappa shape index (κ3) is 1.70. The lowest BCUT2D eigenvalue weighted by molar-refractivity contribution is -0.127. The summed E-state index contributed by atoms with van der Waals surface area (Å²) in [6.45, 7) is 7.67. The summed E-state index contributed by atoms with van der Waals surface area (Å²) in [5.74, 6) is 0.470. The van der Waals surface area contributed by atoms with Crippen LogP contribution in [0.3, 0.4) is 0 Å². The van der Waals surface area contributed by atoms with Gasteiger partial charge in [-0.25, -0.2) is 0 Å². The molecule has 0 saturated heterocycles. The molecule has 1 saturated carbocycles. The van der Waals surface area contributed by atoms with Gasteiger partial charge in [-0.05, 0) is 37.7 Å². The fourth-order valence-corrected chi connectivity index (χ4v) is 3.71. The van der Waals surface area contributed by atoms with Crippen LogP contribution >= 0.6 is 0 Å². The normalized spacial score (nSPS) is 36.7. The zero-order valence-electron chi connectivity index (χ0n) is 10.7. The first kappa shape index (κ1) is 12.3. The minimum atomic E-state index is -0.124. The van der Waals surface area contributed by atoms with Crippen molar-refractivity contribution in [1.82, 2.24) is 0 Å². The molecule has 0 heterocycles. The molecule has 0 bridgehead atoms. The molecule has 2 nitrogen and oxygen atoms in total. The molecule has 0 aromatic rings. The van der Waals surface area contributed by atoms with Gasteiger partial charge in [0, 0.05) is 18.3 Å². The molecule has 0 aromatic heterocycles. The number of carbonyl (C=O) groups is 2. The van der Waals surface area contributed by atoms with Crippen molar-refractivity contribution in [3.63, 3.8) is 0 Å². The smallest absolute Gasteiger partial charge is 0.159 e. The largest absolute Gasteiger partial charge is 0.299 e. The van der Waals surface area contributed by atoms with Crippen molar-refractivity contribution in [1.29, 1.82) is 0 Å². The molecule has 0 radical (unpaired) electrons. The molecule has 2 aliphatic carbocycles. The van der Waals surface area contributed by atoms with Crippen molar-refractivity contribution >= 4 is 11.6 Å². The molecular weight excluding hydrogens is 212 g/mol. The van der Waals surface area contributed by atoms with Crippen LogP contribution in [0.1, 0.15) is 39.5 Å². The van der Waals surface area contributed by atoms with E-state index in [2.05, 4.69) is 6.58 Å². The summed E-state index contributed by atoms with van der Waals surface area (Å²) < 4.78 is 0. The van der Waals surface area contributed by atoms with Crippen molar-refractivity contribution in [3.05, 3.63) is 24.3 Å². The Kier molecular flexibility index (Phi) is 3.07. The van der Waals surface area contributed by atoms with E-state index in [9.17, 15) is 9.59 Å². The van der Waals surface area contributed by atoms with Crippen molar-refractivity contribution in [2.45, 2.75) is 39.5 Å². The molecule has 2 aliphatic rings. The third-order valence-corrected chi connectivity index (χ3v) is 4.66. The van der Waals surface area contributed by atoms with E-state index in [1.165, 1.54) is 0 Å². The summed E-state index contributed by atoms with van der Waals surface area (Å²) in [6.07, 6.45) is 6.86. The SMILES string of the molecule is C=CCCC12CCC(=O)[C@@H]1C(C)=CC(=O)C2C. The van der Waals surface area contributed by atoms with Gasteiger partial charge in [0.25, 0.3) is 0 Å². The molecule has 92 valence electrons. The van der Waals surface area contributed by atoms with Crippen LogP contribution in [-0.2, 0) is 9.59 Å². The highest BCUT2D eigenvalue weighted by atomic mass is 16.1. The predicted molar refractivity (Wildman–Crippen MR) is 67.5 cm³/mol. The Balaban J connectivity index is 2.43. The predicted octanol–water partition coefficient (Wildman–Crippen LogP) is 3.08. The van der Waals surface area contributed by atoms with Gasteiger partial charge in [0.15, 0.2) is 5.78 Å². The van der Waals surface area contributed by atoms with Gasteiger partial charge in [0.05, 0.1) is 0 Å². The number of hydrogen-bond acceptors (Lipinski definition) is 2. The lowest BCUT2D eigenvalue weighted by Gasteiger charge is -2.42. The first-order valence-electron chi connectivity index (χ1n) is 6.38. The third-order valence-electron chi connectivity index (χ3n) is 4.66. The summed E-state index contributed by atoms with van der Waals surface area (Å²) in [5.41, 5.74) is 0.848. The highest BCUT2D eigenvalue weighted by Crippen LogP contribution is 2.55. The Labute approximate surface area is 103 Å². The molecule has 0 amide bonds. The first-order chi connectivity index (χ1) is 8.03. The molecule has 0 aromatic carbocycles. The van der Waals surface area contributed by atoms with E-state index in [1.54, 1.807) is 6.08 Å². The van der Waals surface area contributed by atoms with Crippen molar-refractivity contribution < 1.29 is 9.59 Å². The number of rotatable bonds is 3. The van der Waals surface area contributed by atoms with Gasteiger partial charge in [-0.1, -0.05) is 18.6 Å². The molecule has 2 heteroatoms. The zero-order valence-corrected chi connectivity index (χ0v) is 10.7. The number of ketones is 2. The summed E-state index contributed by atoms with van der Waals surface area (Å²) >= 11 is 0. The minimum absolute atomic E-state index is 0.0184. The molecule has 1 fully saturated rings. The van der Waals surface area contributed by atoms with Gasteiger partial charge < -0.3 is 0 Å². The maximum Gasteiger partial charge on any atom is 0.159 e. The van der Waals surface area contributed by atoms with Gasteiger partial charge >= 0.3 is 0 Å². The number of allylic oxidation sites excluding steroid dienone is 3. The van der Waals surface area contributed by atoms with E-state index < -0.39 is 0 Å². The van der Waals surface area contributed by atoms with E-state index in [1.807, 2.05) is 19.9 Å². The van der Waals surface area contributed by atoms with E-state index in [0.717, 1.165) is 24.8 Å². The maximum atomic E-state index is 12.1. The summed E-state index contributed by atoms with van der Waals surface area (Å²) in [4.78, 5) is 24.1. The highest BCUT2D eigenvalue weighted by Gasteiger charge is 2.54. The Morgan fingerprint density at radius 3 is 2.88 bits per heavy atom. The average molecular weight is 232 g/mol. The molecule has 2 unspecified atom stereocenters. The average Bonchev–Trinajstić information content (AvgIpc) is 2.63. The van der Waals surface area contributed by atoms with Crippen LogP contribution in [0.2, 0.25) is 0 Å². The second-order valence-electron chi connectivity index (χ2n) is 5.47. The van der Waals surface area contributed by atoms with Crippen molar-refractivity contribution in [3.8, 4) is 0 Å². The van der Waals surface area contributed by atoms with Gasteiger partial charge in [-0.15, -0.1) is 6.58 Å². The second-order valence-corrected chi connectivity index (χ2v) is 5.47. The molecule has 0 aliphatic heterocycles. The molecule has 17 heavy (non-hydrogen) atoms. The molecular formula is C15H20O2. The molecule has 2 rings (SSSR count). The molecule has 0 N–H and O–H groups in total. The van der Waals surface area contributed by atoms with Gasteiger partial charge in [0.1, 0.15) is 5.78 Å². The zero-order chi connectivity index (χ0) is 12.6. The van der Waals surface area contributed by atoms with Crippen LogP contribution in [0.25, 0.3) is 0 Å². The Morgan fingerprint density at radius 1 is 1.53 bits per heavy atom. The number of fused-ring (bicyclic) bond motifs is 1. The van der Waals surface area contributed by atoms with Gasteiger partial charge in [0.2, 0.25) is 0 Å². The van der Waals surface area contributed by atoms with Crippen LogP contribution in [-0.4, -0.2) is 11.6 Å². The van der Waals surface area contributed by atoms with Crippen molar-refractivity contribution in [2.24, 2.45) is 17.3 Å². The van der Waals surface area contributed by atoms with Crippen LogP contribution in [0.4, 0.5) is 0 Å².